The number of cyclic esters (lactones) is 1. The maximum absolute atomic E-state index is 14.1. The van der Waals surface area contributed by atoms with Gasteiger partial charge in [-0.15, -0.1) is 0 Å². The summed E-state index contributed by atoms with van der Waals surface area (Å²) in [6.07, 6.45) is 2.24. The summed E-state index contributed by atoms with van der Waals surface area (Å²) in [6, 6.07) is 24.8. The van der Waals surface area contributed by atoms with E-state index in [1.165, 1.54) is 6.08 Å². The summed E-state index contributed by atoms with van der Waals surface area (Å²) in [5.74, 6) is 0.0704. The number of amides is 1. The summed E-state index contributed by atoms with van der Waals surface area (Å²) >= 11 is 0. The number of hydrogen-bond donors (Lipinski definition) is 1. The van der Waals surface area contributed by atoms with Crippen LogP contribution >= 0.6 is 0 Å². The van der Waals surface area contributed by atoms with Gasteiger partial charge in [-0.05, 0) is 42.0 Å². The second-order valence-corrected chi connectivity index (χ2v) is 7.77. The molecule has 5 rings (SSSR count). The Morgan fingerprint density at radius 2 is 1.69 bits per heavy atom. The monoisotopic (exact) mass is 426 g/mol. The lowest BCUT2D eigenvalue weighted by atomic mass is 9.85. The molecule has 2 atom stereocenters. The third-order valence-electron chi connectivity index (χ3n) is 5.89. The first kappa shape index (κ1) is 19.9. The van der Waals surface area contributed by atoms with E-state index in [1.54, 1.807) is 18.1 Å². The highest BCUT2D eigenvalue weighted by molar-refractivity contribution is 6.10. The Labute approximate surface area is 186 Å². The van der Waals surface area contributed by atoms with Crippen molar-refractivity contribution >= 4 is 23.3 Å². The molecule has 0 radical (unpaired) electrons. The van der Waals surface area contributed by atoms with Crippen LogP contribution in [0.25, 0.3) is 0 Å². The van der Waals surface area contributed by atoms with Crippen LogP contribution in [0.1, 0.15) is 11.1 Å². The predicted molar refractivity (Wildman–Crippen MR) is 121 cm³/mol. The molecule has 2 aliphatic rings. The zero-order valence-electron chi connectivity index (χ0n) is 17.5. The average Bonchev–Trinajstić information content (AvgIpc) is 3.36. The van der Waals surface area contributed by atoms with E-state index in [2.05, 4.69) is 5.32 Å². The smallest absolute Gasteiger partial charge is 0.331 e. The van der Waals surface area contributed by atoms with Crippen LogP contribution in [0.5, 0.6) is 5.75 Å². The Morgan fingerprint density at radius 1 is 0.969 bits per heavy atom. The number of hydrogen-bond acceptors (Lipinski definition) is 5. The van der Waals surface area contributed by atoms with Crippen molar-refractivity contribution in [3.8, 4) is 5.75 Å². The second-order valence-electron chi connectivity index (χ2n) is 7.77. The molecular formula is C26H22N2O4. The number of ether oxygens (including phenoxy) is 2. The molecule has 2 aliphatic heterocycles. The number of para-hydroxylation sites is 1. The molecule has 0 unspecified atom stereocenters. The summed E-state index contributed by atoms with van der Waals surface area (Å²) in [7, 11) is 1.60. The normalized spacial score (nSPS) is 21.4. The zero-order chi connectivity index (χ0) is 22.1. The first-order chi connectivity index (χ1) is 15.6. The number of benzene rings is 3. The maximum Gasteiger partial charge on any atom is 0.331 e. The van der Waals surface area contributed by atoms with Crippen molar-refractivity contribution in [1.29, 1.82) is 0 Å². The van der Waals surface area contributed by atoms with Gasteiger partial charge in [0, 0.05) is 17.3 Å². The van der Waals surface area contributed by atoms with E-state index in [9.17, 15) is 9.59 Å². The number of nitrogens with one attached hydrogen (secondary N) is 1. The minimum Gasteiger partial charge on any atom is -0.497 e. The lowest BCUT2D eigenvalue weighted by molar-refractivity contribution is -0.143. The van der Waals surface area contributed by atoms with Gasteiger partial charge in [0.1, 0.15) is 5.75 Å². The minimum absolute atomic E-state index is 0.178. The molecular weight excluding hydrogens is 404 g/mol. The van der Waals surface area contributed by atoms with Crippen LogP contribution in [0.3, 0.4) is 0 Å². The predicted octanol–water partition coefficient (Wildman–Crippen LogP) is 4.03. The first-order valence-electron chi connectivity index (χ1n) is 10.4. The number of fused-ring (bicyclic) bond motifs is 1. The third-order valence-corrected chi connectivity index (χ3v) is 5.89. The van der Waals surface area contributed by atoms with Crippen LogP contribution in [0.4, 0.5) is 11.4 Å². The fraction of sp³-hybridized carbons (Fsp3) is 0.154. The topological polar surface area (TPSA) is 67.9 Å². The number of carbonyl (C=O) groups excluding carboxylic acids is 2. The zero-order valence-corrected chi connectivity index (χ0v) is 17.5. The number of rotatable bonds is 6. The van der Waals surface area contributed by atoms with Crippen LogP contribution in [0.15, 0.2) is 91.0 Å². The summed E-state index contributed by atoms with van der Waals surface area (Å²) in [5, 5.41) is 3.41. The van der Waals surface area contributed by atoms with Gasteiger partial charge in [0.2, 0.25) is 0 Å². The Morgan fingerprint density at radius 3 is 2.38 bits per heavy atom. The molecule has 1 N–H and O–H groups in total. The van der Waals surface area contributed by atoms with Gasteiger partial charge < -0.3 is 19.7 Å². The van der Waals surface area contributed by atoms with Gasteiger partial charge in [-0.25, -0.2) is 4.79 Å². The SMILES string of the molecule is COc1ccc(N[C@@]2([C@@H]3C=CC(=O)O3)C(=O)N(Cc3ccccc3)c3ccccc32)cc1. The van der Waals surface area contributed by atoms with Gasteiger partial charge in [0.15, 0.2) is 11.6 Å². The number of esters is 1. The van der Waals surface area contributed by atoms with Gasteiger partial charge in [-0.1, -0.05) is 48.5 Å². The van der Waals surface area contributed by atoms with Crippen LogP contribution < -0.4 is 15.0 Å². The van der Waals surface area contributed by atoms with E-state index in [-0.39, 0.29) is 5.91 Å². The van der Waals surface area contributed by atoms with Crippen molar-refractivity contribution in [2.75, 3.05) is 17.3 Å². The molecule has 32 heavy (non-hydrogen) atoms. The van der Waals surface area contributed by atoms with E-state index in [0.717, 1.165) is 16.8 Å². The molecule has 2 heterocycles. The van der Waals surface area contributed by atoms with Crippen molar-refractivity contribution in [3.63, 3.8) is 0 Å². The third kappa shape index (κ3) is 3.21. The Hall–Kier alpha value is -4.06. The van der Waals surface area contributed by atoms with Crippen molar-refractivity contribution < 1.29 is 19.1 Å². The molecule has 6 heteroatoms. The number of anilines is 2. The maximum atomic E-state index is 14.1. The Balaban J connectivity index is 1.62. The number of nitrogens with zero attached hydrogens (tertiary/aromatic N) is 1. The summed E-state index contributed by atoms with van der Waals surface area (Å²) in [6.45, 7) is 0.410. The minimum atomic E-state index is -1.29. The van der Waals surface area contributed by atoms with Crippen molar-refractivity contribution in [2.45, 2.75) is 18.2 Å². The van der Waals surface area contributed by atoms with Crippen LogP contribution in [0.2, 0.25) is 0 Å². The molecule has 3 aromatic carbocycles. The van der Waals surface area contributed by atoms with Gasteiger partial charge in [0.05, 0.1) is 19.3 Å². The molecule has 3 aromatic rings. The highest BCUT2D eigenvalue weighted by atomic mass is 16.5. The fourth-order valence-corrected chi connectivity index (χ4v) is 4.37. The molecule has 0 fully saturated rings. The highest BCUT2D eigenvalue weighted by Crippen LogP contribution is 2.47. The largest absolute Gasteiger partial charge is 0.497 e. The molecule has 160 valence electrons. The summed E-state index contributed by atoms with van der Waals surface area (Å²) < 4.78 is 10.9. The molecule has 0 aromatic heterocycles. The van der Waals surface area contributed by atoms with Gasteiger partial charge in [-0.2, -0.15) is 0 Å². The fourth-order valence-electron chi connectivity index (χ4n) is 4.37. The summed E-state index contributed by atoms with van der Waals surface area (Å²) in [4.78, 5) is 27.9. The van der Waals surface area contributed by atoms with E-state index in [0.29, 0.717) is 18.0 Å². The number of carbonyl (C=O) groups is 2. The van der Waals surface area contributed by atoms with Crippen LogP contribution in [-0.4, -0.2) is 25.1 Å². The van der Waals surface area contributed by atoms with E-state index < -0.39 is 17.6 Å². The average molecular weight is 426 g/mol. The standard InChI is InChI=1S/C26H22N2O4/c1-31-20-13-11-19(12-14-20)27-26(23-15-16-24(29)32-23)21-9-5-6-10-22(21)28(25(26)30)17-18-7-3-2-4-8-18/h2-16,23,27H,17H2,1H3/t23-,26-/m0/s1. The van der Waals surface area contributed by atoms with Crippen molar-refractivity contribution in [2.24, 2.45) is 0 Å². The molecule has 0 saturated carbocycles. The highest BCUT2D eigenvalue weighted by Gasteiger charge is 2.57. The van der Waals surface area contributed by atoms with Crippen LogP contribution in [-0.2, 0) is 26.4 Å². The second kappa shape index (κ2) is 7.89. The molecule has 0 saturated heterocycles. The Kier molecular flexibility index (Phi) is 4.90. The van der Waals surface area contributed by atoms with Gasteiger partial charge >= 0.3 is 5.97 Å². The molecule has 0 spiro atoms. The molecule has 1 amide bonds. The Bertz CT molecular complexity index is 1190. The van der Waals surface area contributed by atoms with E-state index in [1.807, 2.05) is 78.9 Å². The van der Waals surface area contributed by atoms with Gasteiger partial charge in [-0.3, -0.25) is 4.79 Å². The lowest BCUT2D eigenvalue weighted by Crippen LogP contribution is -2.53. The lowest BCUT2D eigenvalue weighted by Gasteiger charge is -2.34. The quantitative estimate of drug-likeness (QED) is 0.603. The van der Waals surface area contributed by atoms with Crippen molar-refractivity contribution in [3.05, 3.63) is 102 Å². The molecule has 6 nitrogen and oxygen atoms in total. The molecule has 0 bridgehead atoms. The summed E-state index contributed by atoms with van der Waals surface area (Å²) in [5.41, 5.74) is 1.99. The first-order valence-corrected chi connectivity index (χ1v) is 10.4. The van der Waals surface area contributed by atoms with Gasteiger partial charge in [0.25, 0.3) is 5.91 Å². The van der Waals surface area contributed by atoms with Crippen LogP contribution in [0, 0.1) is 0 Å². The van der Waals surface area contributed by atoms with Crippen molar-refractivity contribution in [1.82, 2.24) is 0 Å². The number of methoxy groups -OCH3 is 1. The molecule has 0 aliphatic carbocycles. The van der Waals surface area contributed by atoms with E-state index in [4.69, 9.17) is 9.47 Å². The van der Waals surface area contributed by atoms with E-state index >= 15 is 0 Å².